The average Bonchev–Trinajstić information content (AvgIpc) is 2.51. The van der Waals surface area contributed by atoms with E-state index in [9.17, 15) is 0 Å². The van der Waals surface area contributed by atoms with Gasteiger partial charge >= 0.3 is 0 Å². The number of nitrogens with zero attached hydrogens (tertiary/aromatic N) is 1. The Bertz CT molecular complexity index is 259. The molecule has 0 aromatic rings. The van der Waals surface area contributed by atoms with Crippen molar-refractivity contribution in [1.82, 2.24) is 4.90 Å². The van der Waals surface area contributed by atoms with E-state index in [1.807, 2.05) is 7.11 Å². The molecular formula is C16H34N2O2. The highest BCUT2D eigenvalue weighted by Gasteiger charge is 2.46. The highest BCUT2D eigenvalue weighted by Crippen LogP contribution is 2.37. The summed E-state index contributed by atoms with van der Waals surface area (Å²) in [6.45, 7) is 6.91. The molecule has 0 saturated heterocycles. The summed E-state index contributed by atoms with van der Waals surface area (Å²) in [5.74, 6) is 0. The van der Waals surface area contributed by atoms with Crippen molar-refractivity contribution in [2.24, 2.45) is 5.73 Å². The van der Waals surface area contributed by atoms with Gasteiger partial charge in [-0.25, -0.2) is 0 Å². The zero-order chi connectivity index (χ0) is 15.0. The molecule has 0 spiro atoms. The molecule has 1 rings (SSSR count). The summed E-state index contributed by atoms with van der Waals surface area (Å²) in [5, 5.41) is 0. The van der Waals surface area contributed by atoms with E-state index in [4.69, 9.17) is 15.2 Å². The van der Waals surface area contributed by atoms with Crippen LogP contribution < -0.4 is 5.73 Å². The van der Waals surface area contributed by atoms with Crippen molar-refractivity contribution in [2.45, 2.75) is 70.1 Å². The molecule has 2 unspecified atom stereocenters. The van der Waals surface area contributed by atoms with Gasteiger partial charge in [0.2, 0.25) is 0 Å². The molecule has 2 atom stereocenters. The van der Waals surface area contributed by atoms with Crippen molar-refractivity contribution in [3.05, 3.63) is 0 Å². The van der Waals surface area contributed by atoms with E-state index in [1.54, 1.807) is 7.11 Å². The van der Waals surface area contributed by atoms with Crippen LogP contribution in [0.2, 0.25) is 0 Å². The molecule has 0 aromatic heterocycles. The normalized spacial score (nSPS) is 27.4. The third-order valence-corrected chi connectivity index (χ3v) is 5.05. The van der Waals surface area contributed by atoms with Crippen molar-refractivity contribution in [3.63, 3.8) is 0 Å². The van der Waals surface area contributed by atoms with Crippen LogP contribution in [-0.2, 0) is 9.47 Å². The van der Waals surface area contributed by atoms with Crippen molar-refractivity contribution in [2.75, 3.05) is 33.9 Å². The molecule has 0 aliphatic heterocycles. The predicted octanol–water partition coefficient (Wildman–Crippen LogP) is 2.41. The lowest BCUT2D eigenvalue weighted by molar-refractivity contribution is -0.0982. The molecule has 4 heteroatoms. The molecular weight excluding hydrogens is 252 g/mol. The van der Waals surface area contributed by atoms with Crippen molar-refractivity contribution < 1.29 is 9.47 Å². The fourth-order valence-electron chi connectivity index (χ4n) is 3.89. The molecule has 1 aliphatic carbocycles. The molecule has 4 nitrogen and oxygen atoms in total. The van der Waals surface area contributed by atoms with Gasteiger partial charge in [0.1, 0.15) is 0 Å². The summed E-state index contributed by atoms with van der Waals surface area (Å²) < 4.78 is 11.2. The Morgan fingerprint density at radius 1 is 1.25 bits per heavy atom. The maximum Gasteiger partial charge on any atom is 0.0767 e. The molecule has 1 aliphatic rings. The molecule has 1 saturated carbocycles. The highest BCUT2D eigenvalue weighted by atomic mass is 16.5. The number of nitrogens with two attached hydrogens (primary N) is 1. The largest absolute Gasteiger partial charge is 0.383 e. The first-order valence-electron chi connectivity index (χ1n) is 8.18. The molecule has 0 amide bonds. The van der Waals surface area contributed by atoms with Crippen molar-refractivity contribution in [1.29, 1.82) is 0 Å². The van der Waals surface area contributed by atoms with Gasteiger partial charge in [-0.3, -0.25) is 4.90 Å². The van der Waals surface area contributed by atoms with Gasteiger partial charge in [0.15, 0.2) is 0 Å². The molecule has 20 heavy (non-hydrogen) atoms. The second-order valence-corrected chi connectivity index (χ2v) is 5.93. The van der Waals surface area contributed by atoms with Crippen LogP contribution in [0.3, 0.4) is 0 Å². The van der Waals surface area contributed by atoms with Gasteiger partial charge < -0.3 is 15.2 Å². The van der Waals surface area contributed by atoms with E-state index in [0.717, 1.165) is 38.8 Å². The Balaban J connectivity index is 3.02. The third kappa shape index (κ3) is 3.73. The summed E-state index contributed by atoms with van der Waals surface area (Å²) in [5.41, 5.74) is 6.25. The molecule has 0 aromatic carbocycles. The number of rotatable bonds is 9. The predicted molar refractivity (Wildman–Crippen MR) is 84.0 cm³/mol. The first kappa shape index (κ1) is 17.9. The second-order valence-electron chi connectivity index (χ2n) is 5.93. The lowest BCUT2D eigenvalue weighted by atomic mass is 9.76. The minimum Gasteiger partial charge on any atom is -0.383 e. The first-order chi connectivity index (χ1) is 9.69. The quantitative estimate of drug-likeness (QED) is 0.707. The Kier molecular flexibility index (Phi) is 8.03. The van der Waals surface area contributed by atoms with Gasteiger partial charge in [-0.05, 0) is 25.7 Å². The van der Waals surface area contributed by atoms with Crippen LogP contribution in [0.5, 0.6) is 0 Å². The number of hydrogen-bond acceptors (Lipinski definition) is 4. The molecule has 2 N–H and O–H groups in total. The van der Waals surface area contributed by atoms with Gasteiger partial charge in [-0.2, -0.15) is 0 Å². The van der Waals surface area contributed by atoms with Crippen LogP contribution in [0.25, 0.3) is 0 Å². The van der Waals surface area contributed by atoms with Gasteiger partial charge in [-0.15, -0.1) is 0 Å². The molecule has 0 radical (unpaired) electrons. The average molecular weight is 286 g/mol. The van der Waals surface area contributed by atoms with Crippen LogP contribution >= 0.6 is 0 Å². The Morgan fingerprint density at radius 2 is 1.95 bits per heavy atom. The molecule has 120 valence electrons. The standard InChI is InChI=1S/C16H34N2O2/c1-5-14(6-2)18(11-12-19-3)16(13-17)10-8-7-9-15(16)20-4/h14-15H,5-13,17H2,1-4H3. The van der Waals surface area contributed by atoms with E-state index >= 15 is 0 Å². The monoisotopic (exact) mass is 286 g/mol. The maximum atomic E-state index is 6.26. The zero-order valence-electron chi connectivity index (χ0n) is 13.9. The van der Waals surface area contributed by atoms with E-state index < -0.39 is 0 Å². The second kappa shape index (κ2) is 8.98. The summed E-state index contributed by atoms with van der Waals surface area (Å²) in [6.07, 6.45) is 7.32. The fraction of sp³-hybridized carbons (Fsp3) is 1.00. The van der Waals surface area contributed by atoms with Gasteiger partial charge in [0.25, 0.3) is 0 Å². The zero-order valence-corrected chi connectivity index (χ0v) is 13.9. The Labute approximate surface area is 125 Å². The maximum absolute atomic E-state index is 6.26. The smallest absolute Gasteiger partial charge is 0.0767 e. The van der Waals surface area contributed by atoms with Crippen LogP contribution in [0.4, 0.5) is 0 Å². The van der Waals surface area contributed by atoms with Crippen LogP contribution in [0.1, 0.15) is 52.4 Å². The number of hydrogen-bond donors (Lipinski definition) is 1. The van der Waals surface area contributed by atoms with Gasteiger partial charge in [0, 0.05) is 33.4 Å². The number of methoxy groups -OCH3 is 2. The fourth-order valence-corrected chi connectivity index (χ4v) is 3.89. The van der Waals surface area contributed by atoms with Gasteiger partial charge in [-0.1, -0.05) is 26.7 Å². The van der Waals surface area contributed by atoms with Crippen molar-refractivity contribution in [3.8, 4) is 0 Å². The summed E-state index contributed by atoms with van der Waals surface area (Å²) >= 11 is 0. The van der Waals surface area contributed by atoms with E-state index in [2.05, 4.69) is 18.7 Å². The minimum atomic E-state index is -0.0117. The highest BCUT2D eigenvalue weighted by molar-refractivity contribution is 5.03. The lowest BCUT2D eigenvalue weighted by Crippen LogP contribution is -2.66. The Hall–Kier alpha value is -0.160. The van der Waals surface area contributed by atoms with Gasteiger partial charge in [0.05, 0.1) is 18.2 Å². The first-order valence-corrected chi connectivity index (χ1v) is 8.18. The SMILES string of the molecule is CCC(CC)N(CCOC)C1(CN)CCCCC1OC. The molecule has 1 fully saturated rings. The summed E-state index contributed by atoms with van der Waals surface area (Å²) in [7, 11) is 3.61. The topological polar surface area (TPSA) is 47.7 Å². The third-order valence-electron chi connectivity index (χ3n) is 5.05. The van der Waals surface area contributed by atoms with Crippen LogP contribution in [0.15, 0.2) is 0 Å². The molecule has 0 heterocycles. The van der Waals surface area contributed by atoms with E-state index in [1.165, 1.54) is 12.8 Å². The number of ether oxygens (including phenoxy) is 2. The van der Waals surface area contributed by atoms with Crippen molar-refractivity contribution >= 4 is 0 Å². The summed E-state index contributed by atoms with van der Waals surface area (Å²) in [4.78, 5) is 2.60. The van der Waals surface area contributed by atoms with E-state index in [-0.39, 0.29) is 11.6 Å². The summed E-state index contributed by atoms with van der Waals surface area (Å²) in [6, 6.07) is 0.560. The van der Waals surface area contributed by atoms with Crippen LogP contribution in [-0.4, -0.2) is 56.5 Å². The molecule has 0 bridgehead atoms. The van der Waals surface area contributed by atoms with E-state index in [0.29, 0.717) is 12.6 Å². The lowest BCUT2D eigenvalue weighted by Gasteiger charge is -2.53. The minimum absolute atomic E-state index is 0.0117. The van der Waals surface area contributed by atoms with Crippen LogP contribution in [0, 0.1) is 0 Å². The Morgan fingerprint density at radius 3 is 2.45 bits per heavy atom.